The molecule has 0 aromatic rings. The Morgan fingerprint density at radius 3 is 2.14 bits per heavy atom. The summed E-state index contributed by atoms with van der Waals surface area (Å²) in [6, 6.07) is 1.90. The van der Waals surface area contributed by atoms with Crippen molar-refractivity contribution in [3.05, 3.63) is 12.2 Å². The summed E-state index contributed by atoms with van der Waals surface area (Å²) in [4.78, 5) is 14.1. The van der Waals surface area contributed by atoms with Crippen LogP contribution in [0, 0.1) is 0 Å². The lowest BCUT2D eigenvalue weighted by Crippen LogP contribution is -2.48. The molecule has 14 heavy (non-hydrogen) atoms. The van der Waals surface area contributed by atoms with E-state index in [2.05, 4.69) is 17.1 Å². The van der Waals surface area contributed by atoms with Gasteiger partial charge < -0.3 is 0 Å². The zero-order chi connectivity index (χ0) is 9.54. The summed E-state index contributed by atoms with van der Waals surface area (Å²) in [6.07, 6.45) is 11.2. The summed E-state index contributed by atoms with van der Waals surface area (Å²) in [6.45, 7) is 0. The minimum Gasteiger partial charge on any atom is -0.300 e. The van der Waals surface area contributed by atoms with Gasteiger partial charge in [0.25, 0.3) is 0 Å². The van der Waals surface area contributed by atoms with Gasteiger partial charge in [0, 0.05) is 31.0 Å². The van der Waals surface area contributed by atoms with Gasteiger partial charge in [0.15, 0.2) is 0 Å². The average Bonchev–Trinajstić information content (AvgIpc) is 2.72. The number of hydrogen-bond donors (Lipinski definition) is 0. The number of piperidine rings is 1. The fourth-order valence-electron chi connectivity index (χ4n) is 3.45. The highest BCUT2D eigenvalue weighted by atomic mass is 16.1. The Morgan fingerprint density at radius 2 is 1.57 bits per heavy atom. The fourth-order valence-corrected chi connectivity index (χ4v) is 3.45. The summed E-state index contributed by atoms with van der Waals surface area (Å²) >= 11 is 0. The number of carbonyl (C=O) groups excluding carboxylic acids is 1. The quantitative estimate of drug-likeness (QED) is 0.590. The molecule has 76 valence electrons. The number of ketones is 1. The fraction of sp³-hybridized carbons (Fsp3) is 0.750. The molecule has 3 rings (SSSR count). The molecule has 2 aliphatic heterocycles. The van der Waals surface area contributed by atoms with Gasteiger partial charge in [-0.3, -0.25) is 9.69 Å². The van der Waals surface area contributed by atoms with E-state index in [-0.39, 0.29) is 0 Å². The molecular weight excluding hydrogens is 174 g/mol. The Bertz CT molecular complexity index is 260. The second-order valence-electron chi connectivity index (χ2n) is 4.88. The van der Waals surface area contributed by atoms with Crippen LogP contribution in [0.5, 0.6) is 0 Å². The summed E-state index contributed by atoms with van der Waals surface area (Å²) in [5.41, 5.74) is 0. The van der Waals surface area contributed by atoms with Crippen LogP contribution in [-0.2, 0) is 4.79 Å². The molecule has 2 saturated heterocycles. The number of hydrogen-bond acceptors (Lipinski definition) is 2. The standard InChI is InChI=1S/C12H17NO/c14-12-7-10-5-6-11(8-12)13(10)9-3-1-2-4-9/h1-2,9-11H,3-8H2. The molecule has 1 aliphatic carbocycles. The zero-order valence-electron chi connectivity index (χ0n) is 8.48. The summed E-state index contributed by atoms with van der Waals surface area (Å²) in [5, 5.41) is 0. The Balaban J connectivity index is 1.77. The van der Waals surface area contributed by atoms with Crippen LogP contribution in [0.25, 0.3) is 0 Å². The van der Waals surface area contributed by atoms with E-state index < -0.39 is 0 Å². The van der Waals surface area contributed by atoms with Gasteiger partial charge in [-0.15, -0.1) is 0 Å². The van der Waals surface area contributed by atoms with Crippen molar-refractivity contribution in [1.29, 1.82) is 0 Å². The Labute approximate surface area is 85.0 Å². The number of Topliss-reactive ketones (excluding diaryl/α,β-unsaturated/α-hetero) is 1. The highest BCUT2D eigenvalue weighted by Gasteiger charge is 2.43. The molecule has 0 aromatic heterocycles. The van der Waals surface area contributed by atoms with E-state index in [9.17, 15) is 4.79 Å². The van der Waals surface area contributed by atoms with Crippen molar-refractivity contribution >= 4 is 5.78 Å². The lowest BCUT2D eigenvalue weighted by atomic mass is 9.98. The largest absolute Gasteiger partial charge is 0.300 e. The third-order valence-corrected chi connectivity index (χ3v) is 4.01. The maximum absolute atomic E-state index is 11.4. The third-order valence-electron chi connectivity index (χ3n) is 4.01. The van der Waals surface area contributed by atoms with Crippen molar-refractivity contribution in [2.24, 2.45) is 0 Å². The molecule has 0 aromatic carbocycles. The van der Waals surface area contributed by atoms with Gasteiger partial charge in [-0.05, 0) is 25.7 Å². The third kappa shape index (κ3) is 1.24. The molecule has 2 atom stereocenters. The first-order valence-corrected chi connectivity index (χ1v) is 5.79. The molecule has 2 heteroatoms. The lowest BCUT2D eigenvalue weighted by molar-refractivity contribution is -0.124. The first kappa shape index (κ1) is 8.66. The van der Waals surface area contributed by atoms with E-state index in [4.69, 9.17) is 0 Å². The monoisotopic (exact) mass is 191 g/mol. The van der Waals surface area contributed by atoms with Crippen LogP contribution in [-0.4, -0.2) is 28.8 Å². The van der Waals surface area contributed by atoms with Gasteiger partial charge in [-0.25, -0.2) is 0 Å². The Hall–Kier alpha value is -0.630. The SMILES string of the molecule is O=C1CC2CCC(C1)N2C1CC=CC1. The maximum atomic E-state index is 11.4. The highest BCUT2D eigenvalue weighted by Crippen LogP contribution is 2.38. The predicted molar refractivity (Wildman–Crippen MR) is 55.1 cm³/mol. The lowest BCUT2D eigenvalue weighted by Gasteiger charge is -2.38. The molecule has 3 aliphatic rings. The number of fused-ring (bicyclic) bond motifs is 2. The van der Waals surface area contributed by atoms with E-state index in [1.807, 2.05) is 0 Å². The minimum atomic E-state index is 0.500. The summed E-state index contributed by atoms with van der Waals surface area (Å²) < 4.78 is 0. The number of carbonyl (C=O) groups is 1. The molecule has 0 spiro atoms. The molecule has 2 fully saturated rings. The van der Waals surface area contributed by atoms with Gasteiger partial charge in [0.2, 0.25) is 0 Å². The van der Waals surface area contributed by atoms with Crippen LogP contribution in [0.15, 0.2) is 12.2 Å². The Kier molecular flexibility index (Phi) is 1.98. The van der Waals surface area contributed by atoms with E-state index in [0.29, 0.717) is 17.9 Å². The van der Waals surface area contributed by atoms with Crippen molar-refractivity contribution in [3.8, 4) is 0 Å². The second-order valence-corrected chi connectivity index (χ2v) is 4.88. The molecular formula is C12H17NO. The van der Waals surface area contributed by atoms with Crippen molar-refractivity contribution in [3.63, 3.8) is 0 Å². The zero-order valence-corrected chi connectivity index (χ0v) is 8.48. The molecule has 0 amide bonds. The van der Waals surface area contributed by atoms with Gasteiger partial charge in [-0.1, -0.05) is 12.2 Å². The van der Waals surface area contributed by atoms with Crippen LogP contribution < -0.4 is 0 Å². The van der Waals surface area contributed by atoms with Gasteiger partial charge in [0.1, 0.15) is 5.78 Å². The maximum Gasteiger partial charge on any atom is 0.136 e. The second kappa shape index (κ2) is 3.20. The van der Waals surface area contributed by atoms with Crippen molar-refractivity contribution in [2.45, 2.75) is 56.7 Å². The summed E-state index contributed by atoms with van der Waals surface area (Å²) in [5.74, 6) is 0.500. The highest BCUT2D eigenvalue weighted by molar-refractivity contribution is 5.81. The molecule has 2 nitrogen and oxygen atoms in total. The van der Waals surface area contributed by atoms with Crippen molar-refractivity contribution in [1.82, 2.24) is 4.90 Å². The first-order chi connectivity index (χ1) is 6.84. The van der Waals surface area contributed by atoms with E-state index >= 15 is 0 Å². The number of nitrogens with zero attached hydrogens (tertiary/aromatic N) is 1. The predicted octanol–water partition coefficient (Wildman–Crippen LogP) is 1.90. The van der Waals surface area contributed by atoms with Crippen LogP contribution in [0.3, 0.4) is 0 Å². The van der Waals surface area contributed by atoms with Gasteiger partial charge in [-0.2, -0.15) is 0 Å². The van der Waals surface area contributed by atoms with Gasteiger partial charge >= 0.3 is 0 Å². The Morgan fingerprint density at radius 1 is 1.00 bits per heavy atom. The molecule has 2 heterocycles. The molecule has 0 saturated carbocycles. The van der Waals surface area contributed by atoms with E-state index in [1.54, 1.807) is 0 Å². The van der Waals surface area contributed by atoms with Gasteiger partial charge in [0.05, 0.1) is 0 Å². The molecule has 2 unspecified atom stereocenters. The normalized spacial score (nSPS) is 38.4. The first-order valence-electron chi connectivity index (χ1n) is 5.79. The van der Waals surface area contributed by atoms with Crippen molar-refractivity contribution in [2.75, 3.05) is 0 Å². The van der Waals surface area contributed by atoms with Crippen LogP contribution in [0.1, 0.15) is 38.5 Å². The van der Waals surface area contributed by atoms with Crippen LogP contribution >= 0.6 is 0 Å². The van der Waals surface area contributed by atoms with Crippen LogP contribution in [0.2, 0.25) is 0 Å². The molecule has 0 N–H and O–H groups in total. The van der Waals surface area contributed by atoms with Crippen LogP contribution in [0.4, 0.5) is 0 Å². The number of rotatable bonds is 1. The van der Waals surface area contributed by atoms with E-state index in [1.165, 1.54) is 25.7 Å². The van der Waals surface area contributed by atoms with Crippen molar-refractivity contribution < 1.29 is 4.79 Å². The average molecular weight is 191 g/mol. The van der Waals surface area contributed by atoms with E-state index in [0.717, 1.165) is 18.9 Å². The topological polar surface area (TPSA) is 20.3 Å². The minimum absolute atomic E-state index is 0.500. The molecule has 2 bridgehead atoms. The summed E-state index contributed by atoms with van der Waals surface area (Å²) in [7, 11) is 0. The smallest absolute Gasteiger partial charge is 0.136 e. The molecule has 0 radical (unpaired) electrons.